The molecule has 3 aromatic carbocycles. The number of benzene rings is 3. The summed E-state index contributed by atoms with van der Waals surface area (Å²) in [4.78, 5) is 26.8. The van der Waals surface area contributed by atoms with Crippen LogP contribution < -0.4 is 4.90 Å². The number of carbonyl (C=O) groups excluding carboxylic acids is 2. The molecule has 1 aliphatic heterocycles. The molecule has 4 rings (SSSR count). The molecule has 2 N–H and O–H groups in total. The van der Waals surface area contributed by atoms with E-state index < -0.39 is 29.3 Å². The SMILES string of the molecule is O=C1C(=O)N(c2ccccc2O)C(c2ccccc2F)/C1=C(\O)c1ccccc1. The Kier molecular flexibility index (Phi) is 4.60. The standard InChI is InChI=1S/C23H16FNO4/c24-16-11-5-4-10-15(16)20-19(21(27)14-8-2-1-3-9-14)22(28)23(29)25(20)17-12-6-7-13-18(17)26/h1-13,20,26-27H/b21-19+. The third kappa shape index (κ3) is 3.04. The zero-order chi connectivity index (χ0) is 20.5. The third-order valence-electron chi connectivity index (χ3n) is 4.83. The number of phenolic OH excluding ortho intramolecular Hbond substituents is 1. The van der Waals surface area contributed by atoms with Crippen LogP contribution in [0.3, 0.4) is 0 Å². The molecule has 29 heavy (non-hydrogen) atoms. The fourth-order valence-electron chi connectivity index (χ4n) is 3.49. The Morgan fingerprint density at radius 1 is 0.862 bits per heavy atom. The second kappa shape index (κ2) is 7.24. The Labute approximate surface area is 166 Å². The van der Waals surface area contributed by atoms with E-state index in [1.807, 2.05) is 0 Å². The first-order valence-corrected chi connectivity index (χ1v) is 8.89. The minimum absolute atomic E-state index is 0.0347. The zero-order valence-corrected chi connectivity index (χ0v) is 15.1. The van der Waals surface area contributed by atoms with Gasteiger partial charge in [-0.15, -0.1) is 0 Å². The number of hydrogen-bond donors (Lipinski definition) is 2. The topological polar surface area (TPSA) is 77.8 Å². The average molecular weight is 389 g/mol. The van der Waals surface area contributed by atoms with Crippen molar-refractivity contribution in [3.63, 3.8) is 0 Å². The van der Waals surface area contributed by atoms with E-state index in [0.717, 1.165) is 4.90 Å². The van der Waals surface area contributed by atoms with E-state index in [0.29, 0.717) is 5.56 Å². The lowest BCUT2D eigenvalue weighted by atomic mass is 9.94. The van der Waals surface area contributed by atoms with E-state index in [1.54, 1.807) is 48.5 Å². The summed E-state index contributed by atoms with van der Waals surface area (Å²) in [5.41, 5.74) is 0.168. The second-order valence-corrected chi connectivity index (χ2v) is 6.55. The minimum Gasteiger partial charge on any atom is -0.507 e. The molecule has 0 aromatic heterocycles. The highest BCUT2D eigenvalue weighted by molar-refractivity contribution is 6.51. The highest BCUT2D eigenvalue weighted by atomic mass is 19.1. The summed E-state index contributed by atoms with van der Waals surface area (Å²) in [6.45, 7) is 0. The van der Waals surface area contributed by atoms with Crippen LogP contribution >= 0.6 is 0 Å². The summed E-state index contributed by atoms with van der Waals surface area (Å²) in [6, 6.07) is 18.7. The molecule has 1 amide bonds. The smallest absolute Gasteiger partial charge is 0.300 e. The first kappa shape index (κ1) is 18.4. The van der Waals surface area contributed by atoms with Gasteiger partial charge in [0, 0.05) is 11.1 Å². The largest absolute Gasteiger partial charge is 0.507 e. The van der Waals surface area contributed by atoms with E-state index in [4.69, 9.17) is 0 Å². The van der Waals surface area contributed by atoms with Crippen molar-refractivity contribution in [1.29, 1.82) is 0 Å². The van der Waals surface area contributed by atoms with Crippen LogP contribution in [0.15, 0.2) is 84.4 Å². The van der Waals surface area contributed by atoms with E-state index >= 15 is 0 Å². The Balaban J connectivity index is 2.01. The van der Waals surface area contributed by atoms with E-state index in [9.17, 15) is 24.2 Å². The summed E-state index contributed by atoms with van der Waals surface area (Å²) < 4.78 is 14.7. The number of nitrogens with zero attached hydrogens (tertiary/aromatic N) is 1. The number of para-hydroxylation sites is 2. The number of aliphatic hydroxyl groups excluding tert-OH is 1. The van der Waals surface area contributed by atoms with Crippen molar-refractivity contribution >= 4 is 23.1 Å². The Hall–Kier alpha value is -3.93. The van der Waals surface area contributed by atoms with Gasteiger partial charge in [0.05, 0.1) is 17.3 Å². The highest BCUT2D eigenvalue weighted by Gasteiger charge is 2.48. The van der Waals surface area contributed by atoms with Crippen LogP contribution in [0.1, 0.15) is 17.2 Å². The lowest BCUT2D eigenvalue weighted by Crippen LogP contribution is -2.29. The van der Waals surface area contributed by atoms with Crippen LogP contribution in [-0.4, -0.2) is 21.9 Å². The lowest BCUT2D eigenvalue weighted by molar-refractivity contribution is -0.132. The fourth-order valence-corrected chi connectivity index (χ4v) is 3.49. The van der Waals surface area contributed by atoms with Gasteiger partial charge in [-0.2, -0.15) is 0 Å². The van der Waals surface area contributed by atoms with E-state index in [-0.39, 0.29) is 22.6 Å². The Morgan fingerprint density at radius 3 is 2.17 bits per heavy atom. The van der Waals surface area contributed by atoms with Crippen molar-refractivity contribution in [2.45, 2.75) is 6.04 Å². The molecule has 0 spiro atoms. The van der Waals surface area contributed by atoms with Crippen molar-refractivity contribution in [2.75, 3.05) is 4.90 Å². The van der Waals surface area contributed by atoms with Gasteiger partial charge in [-0.05, 0) is 18.2 Å². The number of ketones is 1. The molecule has 0 bridgehead atoms. The predicted octanol–water partition coefficient (Wildman–Crippen LogP) is 4.16. The molecule has 0 radical (unpaired) electrons. The maximum absolute atomic E-state index is 14.7. The highest BCUT2D eigenvalue weighted by Crippen LogP contribution is 2.45. The van der Waals surface area contributed by atoms with Crippen molar-refractivity contribution in [3.05, 3.63) is 101 Å². The molecule has 1 unspecified atom stereocenters. The Bertz CT molecular complexity index is 1140. The number of hydrogen-bond acceptors (Lipinski definition) is 4. The molecular formula is C23H16FNO4. The van der Waals surface area contributed by atoms with Gasteiger partial charge in [-0.3, -0.25) is 14.5 Å². The first-order valence-electron chi connectivity index (χ1n) is 8.89. The lowest BCUT2D eigenvalue weighted by Gasteiger charge is -2.26. The van der Waals surface area contributed by atoms with Crippen LogP contribution in [0.4, 0.5) is 10.1 Å². The molecule has 0 aliphatic carbocycles. The maximum atomic E-state index is 14.7. The zero-order valence-electron chi connectivity index (χ0n) is 15.1. The number of carbonyl (C=O) groups is 2. The number of anilines is 1. The van der Waals surface area contributed by atoms with E-state index in [1.165, 1.54) is 30.3 Å². The normalized spacial score (nSPS) is 18.2. The number of aromatic hydroxyl groups is 1. The molecule has 0 saturated carbocycles. The van der Waals surface area contributed by atoms with Crippen LogP contribution in [0.5, 0.6) is 5.75 Å². The van der Waals surface area contributed by atoms with E-state index in [2.05, 4.69) is 0 Å². The summed E-state index contributed by atoms with van der Waals surface area (Å²) in [6.07, 6.45) is 0. The van der Waals surface area contributed by atoms with Crippen molar-refractivity contribution in [2.24, 2.45) is 0 Å². The van der Waals surface area contributed by atoms with Gasteiger partial charge in [-0.25, -0.2) is 4.39 Å². The summed E-state index contributed by atoms with van der Waals surface area (Å²) >= 11 is 0. The van der Waals surface area contributed by atoms with Gasteiger partial charge in [0.2, 0.25) is 0 Å². The third-order valence-corrected chi connectivity index (χ3v) is 4.83. The number of rotatable bonds is 3. The van der Waals surface area contributed by atoms with Gasteiger partial charge in [-0.1, -0.05) is 60.7 Å². The minimum atomic E-state index is -1.23. The van der Waals surface area contributed by atoms with Gasteiger partial charge in [0.25, 0.3) is 11.7 Å². The number of Topliss-reactive ketones (excluding diaryl/α,β-unsaturated/α-hetero) is 1. The molecular weight excluding hydrogens is 373 g/mol. The van der Waals surface area contributed by atoms with Crippen molar-refractivity contribution < 1.29 is 24.2 Å². The number of halogens is 1. The van der Waals surface area contributed by atoms with Crippen LogP contribution in [-0.2, 0) is 9.59 Å². The second-order valence-electron chi connectivity index (χ2n) is 6.55. The van der Waals surface area contributed by atoms with Gasteiger partial charge >= 0.3 is 0 Å². The summed E-state index contributed by atoms with van der Waals surface area (Å²) in [5, 5.41) is 21.1. The van der Waals surface area contributed by atoms with Gasteiger partial charge in [0.1, 0.15) is 17.3 Å². The van der Waals surface area contributed by atoms with Crippen molar-refractivity contribution in [1.82, 2.24) is 0 Å². The van der Waals surface area contributed by atoms with Crippen LogP contribution in [0, 0.1) is 5.82 Å². The molecule has 1 atom stereocenters. The molecule has 5 nitrogen and oxygen atoms in total. The molecule has 1 saturated heterocycles. The molecule has 1 fully saturated rings. The summed E-state index contributed by atoms with van der Waals surface area (Å²) in [5.74, 6) is -3.20. The predicted molar refractivity (Wildman–Crippen MR) is 106 cm³/mol. The summed E-state index contributed by atoms with van der Waals surface area (Å²) in [7, 11) is 0. The number of phenols is 1. The number of amides is 1. The Morgan fingerprint density at radius 2 is 1.48 bits per heavy atom. The molecule has 144 valence electrons. The van der Waals surface area contributed by atoms with Gasteiger partial charge in [0.15, 0.2) is 0 Å². The molecule has 3 aromatic rings. The van der Waals surface area contributed by atoms with Gasteiger partial charge < -0.3 is 10.2 Å². The van der Waals surface area contributed by atoms with Crippen molar-refractivity contribution in [3.8, 4) is 5.75 Å². The molecule has 6 heteroatoms. The number of aliphatic hydroxyl groups is 1. The van der Waals surface area contributed by atoms with Crippen LogP contribution in [0.25, 0.3) is 5.76 Å². The quantitative estimate of drug-likeness (QED) is 0.401. The molecule has 1 heterocycles. The maximum Gasteiger partial charge on any atom is 0.300 e. The monoisotopic (exact) mass is 389 g/mol. The van der Waals surface area contributed by atoms with Crippen LogP contribution in [0.2, 0.25) is 0 Å². The average Bonchev–Trinajstić information content (AvgIpc) is 2.99. The first-order chi connectivity index (χ1) is 14.0. The molecule has 1 aliphatic rings. The fraction of sp³-hybridized carbons (Fsp3) is 0.0435.